The SMILES string of the molecule is Cc1cc2c3c(c1)N(c1c(C)cc(-c4cccc5oc6ccccc6c45)cc1C)c1cc4c(cc1B3c1ccc(C(C)(C)C)cc1N2c1c(C)cc(-c2cccc3oc5ccccc5c23)cc1C)c1cc(C(C)(C)C)ccc1n4-c1ccccc1. The summed E-state index contributed by atoms with van der Waals surface area (Å²) < 4.78 is 15.4. The maximum Gasteiger partial charge on any atom is 0.252 e. The summed E-state index contributed by atoms with van der Waals surface area (Å²) in [7, 11) is 0. The molecule has 85 heavy (non-hydrogen) atoms. The number of rotatable bonds is 5. The topological polar surface area (TPSA) is 37.7 Å². The number of para-hydroxylation sites is 3. The number of hydrogen-bond acceptors (Lipinski definition) is 4. The van der Waals surface area contributed by atoms with Crippen LogP contribution in [0.4, 0.5) is 34.1 Å². The van der Waals surface area contributed by atoms with Gasteiger partial charge in [0.1, 0.15) is 22.3 Å². The van der Waals surface area contributed by atoms with Gasteiger partial charge in [0, 0.05) is 60.8 Å². The van der Waals surface area contributed by atoms with Gasteiger partial charge >= 0.3 is 0 Å². The Morgan fingerprint density at radius 3 is 1.38 bits per heavy atom. The first-order valence-corrected chi connectivity index (χ1v) is 30.1. The van der Waals surface area contributed by atoms with E-state index in [-0.39, 0.29) is 17.5 Å². The van der Waals surface area contributed by atoms with Crippen molar-refractivity contribution in [1.29, 1.82) is 0 Å². The summed E-state index contributed by atoms with van der Waals surface area (Å²) in [5.41, 5.74) is 31.5. The van der Waals surface area contributed by atoms with Gasteiger partial charge in [-0.3, -0.25) is 0 Å². The molecule has 6 heteroatoms. The fraction of sp³-hybridized carbons (Fsp3) is 0.165. The first-order valence-electron chi connectivity index (χ1n) is 30.1. The molecule has 0 unspecified atom stereocenters. The summed E-state index contributed by atoms with van der Waals surface area (Å²) >= 11 is 0. The second-order valence-electron chi connectivity index (χ2n) is 26.4. The zero-order valence-electron chi connectivity index (χ0n) is 50.3. The van der Waals surface area contributed by atoms with E-state index in [1.165, 1.54) is 134 Å². The molecule has 0 bridgehead atoms. The monoisotopic (exact) mass is 1100 g/mol. The van der Waals surface area contributed by atoms with E-state index in [1.54, 1.807) is 0 Å². The van der Waals surface area contributed by atoms with E-state index in [2.05, 4.69) is 291 Å². The Kier molecular flexibility index (Phi) is 11.0. The van der Waals surface area contributed by atoms with Crippen LogP contribution in [0.15, 0.2) is 209 Å². The summed E-state index contributed by atoms with van der Waals surface area (Å²) in [4.78, 5) is 5.30. The molecule has 0 saturated carbocycles. The first kappa shape index (κ1) is 51.1. The summed E-state index contributed by atoms with van der Waals surface area (Å²) in [6.07, 6.45) is 0. The van der Waals surface area contributed by atoms with E-state index in [9.17, 15) is 0 Å². The van der Waals surface area contributed by atoms with Crippen LogP contribution in [0, 0.1) is 34.6 Å². The van der Waals surface area contributed by atoms with Gasteiger partial charge in [0.15, 0.2) is 0 Å². The normalized spacial score (nSPS) is 13.3. The van der Waals surface area contributed by atoms with E-state index < -0.39 is 0 Å². The molecular formula is C79H66BN3O2. The Morgan fingerprint density at radius 2 is 0.835 bits per heavy atom. The van der Waals surface area contributed by atoms with Crippen molar-refractivity contribution >= 4 is 123 Å². The molecular weight excluding hydrogens is 1030 g/mol. The highest BCUT2D eigenvalue weighted by atomic mass is 16.3. The molecule has 2 aliphatic heterocycles. The molecule has 11 aromatic carbocycles. The van der Waals surface area contributed by atoms with Gasteiger partial charge in [-0.15, -0.1) is 0 Å². The first-order chi connectivity index (χ1) is 41.0. The second kappa shape index (κ2) is 18.2. The highest BCUT2D eigenvalue weighted by Gasteiger charge is 2.45. The summed E-state index contributed by atoms with van der Waals surface area (Å²) in [5, 5.41) is 7.08. The van der Waals surface area contributed by atoms with E-state index >= 15 is 0 Å². The lowest BCUT2D eigenvalue weighted by molar-refractivity contribution is 0.590. The van der Waals surface area contributed by atoms with Crippen LogP contribution in [0.3, 0.4) is 0 Å². The smallest absolute Gasteiger partial charge is 0.252 e. The Bertz CT molecular complexity index is 5130. The van der Waals surface area contributed by atoms with E-state index in [4.69, 9.17) is 8.83 Å². The summed E-state index contributed by atoms with van der Waals surface area (Å²) in [6, 6.07) is 75.1. The van der Waals surface area contributed by atoms with Crippen molar-refractivity contribution in [3.8, 4) is 27.9 Å². The standard InChI is InChI=1S/C79H66BN3O2/c1-45-35-67-75-68(36-45)83(77-48(4)39-51(40-49(77)5)56-26-20-30-72-74(56)58-24-16-18-28-70(58)85-72)66-44-64-60(59-41-52(78(6,7)8)32-34-63(59)81(64)54-21-13-12-14-22-54)43-62(66)80(75)61-33-31-53(79(9,10)11)42-65(61)82(67)76-46(2)37-50(38-47(76)3)55-25-19-29-71-73(55)57-23-15-17-27-69(57)84-71/h12-44H,1-11H3. The van der Waals surface area contributed by atoms with Gasteiger partial charge in [-0.25, -0.2) is 0 Å². The molecule has 16 rings (SSSR count). The third-order valence-corrected chi connectivity index (χ3v) is 18.7. The van der Waals surface area contributed by atoms with Crippen LogP contribution in [0.1, 0.15) is 80.5 Å². The molecule has 0 N–H and O–H groups in total. The Balaban J connectivity index is 0.992. The molecule has 5 heterocycles. The van der Waals surface area contributed by atoms with Crippen molar-refractivity contribution in [2.45, 2.75) is 87.0 Å². The minimum atomic E-state index is -0.104. The van der Waals surface area contributed by atoms with Crippen LogP contribution in [0.2, 0.25) is 0 Å². The van der Waals surface area contributed by atoms with Crippen LogP contribution >= 0.6 is 0 Å². The van der Waals surface area contributed by atoms with Crippen LogP contribution in [0.25, 0.3) is 93.6 Å². The number of aryl methyl sites for hydroxylation is 5. The molecule has 14 aromatic rings. The van der Waals surface area contributed by atoms with Crippen molar-refractivity contribution in [2.75, 3.05) is 9.80 Å². The van der Waals surface area contributed by atoms with Crippen molar-refractivity contribution in [3.63, 3.8) is 0 Å². The van der Waals surface area contributed by atoms with Gasteiger partial charge in [0.05, 0.1) is 22.4 Å². The highest BCUT2D eigenvalue weighted by molar-refractivity contribution is 7.00. The molecule has 0 amide bonds. The molecule has 5 nitrogen and oxygen atoms in total. The van der Waals surface area contributed by atoms with E-state index in [0.29, 0.717) is 0 Å². The predicted molar refractivity (Wildman–Crippen MR) is 361 cm³/mol. The molecule has 0 atom stereocenters. The van der Waals surface area contributed by atoms with Gasteiger partial charge < -0.3 is 23.2 Å². The molecule has 3 aromatic heterocycles. The van der Waals surface area contributed by atoms with Gasteiger partial charge in [0.25, 0.3) is 6.71 Å². The molecule has 0 spiro atoms. The lowest BCUT2D eigenvalue weighted by Crippen LogP contribution is -2.61. The van der Waals surface area contributed by atoms with Gasteiger partial charge in [-0.1, -0.05) is 145 Å². The van der Waals surface area contributed by atoms with Crippen molar-refractivity contribution < 1.29 is 8.83 Å². The Morgan fingerprint density at radius 1 is 0.365 bits per heavy atom. The number of aromatic nitrogens is 1. The lowest BCUT2D eigenvalue weighted by Gasteiger charge is -2.46. The third-order valence-electron chi connectivity index (χ3n) is 18.7. The Hall–Kier alpha value is -9.52. The highest BCUT2D eigenvalue weighted by Crippen LogP contribution is 2.51. The number of benzene rings is 11. The lowest BCUT2D eigenvalue weighted by atomic mass is 9.33. The third kappa shape index (κ3) is 7.63. The largest absolute Gasteiger partial charge is 0.456 e. The number of fused-ring (bicyclic) bond motifs is 13. The van der Waals surface area contributed by atoms with Crippen LogP contribution in [-0.2, 0) is 10.8 Å². The molecule has 0 saturated heterocycles. The number of nitrogens with zero attached hydrogens (tertiary/aromatic N) is 3. The Labute approximate surface area is 497 Å². The molecule has 0 fully saturated rings. The average molecular weight is 1100 g/mol. The van der Waals surface area contributed by atoms with Crippen molar-refractivity contribution in [3.05, 3.63) is 239 Å². The second-order valence-corrected chi connectivity index (χ2v) is 26.4. The summed E-state index contributed by atoms with van der Waals surface area (Å²) in [5.74, 6) is 0. The fourth-order valence-corrected chi connectivity index (χ4v) is 14.9. The quantitative estimate of drug-likeness (QED) is 0.161. The van der Waals surface area contributed by atoms with Gasteiger partial charge in [0.2, 0.25) is 0 Å². The van der Waals surface area contributed by atoms with Crippen LogP contribution in [-0.4, -0.2) is 11.3 Å². The van der Waals surface area contributed by atoms with Crippen LogP contribution < -0.4 is 26.2 Å². The molecule has 2 aliphatic rings. The van der Waals surface area contributed by atoms with Crippen LogP contribution in [0.5, 0.6) is 0 Å². The molecule has 0 aliphatic carbocycles. The minimum absolute atomic E-state index is 0.0461. The maximum atomic E-state index is 6.48. The molecule has 0 radical (unpaired) electrons. The maximum absolute atomic E-state index is 6.48. The zero-order valence-corrected chi connectivity index (χ0v) is 50.3. The number of hydrogen-bond donors (Lipinski definition) is 0. The predicted octanol–water partition coefficient (Wildman–Crippen LogP) is 20.1. The summed E-state index contributed by atoms with van der Waals surface area (Å²) in [6.45, 7) is 25.5. The fourth-order valence-electron chi connectivity index (χ4n) is 14.9. The number of anilines is 6. The van der Waals surface area contributed by atoms with Crippen molar-refractivity contribution in [2.24, 2.45) is 0 Å². The number of furan rings is 2. The molecule has 412 valence electrons. The van der Waals surface area contributed by atoms with Gasteiger partial charge in [-0.2, -0.15) is 0 Å². The minimum Gasteiger partial charge on any atom is -0.456 e. The van der Waals surface area contributed by atoms with Crippen molar-refractivity contribution in [1.82, 2.24) is 4.57 Å². The average Bonchev–Trinajstić information content (AvgIpc) is 1.40. The van der Waals surface area contributed by atoms with E-state index in [0.717, 1.165) is 49.6 Å². The van der Waals surface area contributed by atoms with E-state index in [1.807, 2.05) is 0 Å². The van der Waals surface area contributed by atoms with Gasteiger partial charge in [-0.05, 0) is 220 Å². The zero-order chi connectivity index (χ0) is 58.1.